The molecule has 0 bridgehead atoms. The van der Waals surface area contributed by atoms with Crippen LogP contribution in [0.4, 0.5) is 5.69 Å². The Morgan fingerprint density at radius 3 is 2.31 bits per heavy atom. The SMILES string of the molecule is CC(=O)OCc1ccc(-c2nc(-c3ccc([N+](=O)[O-])cc3)[nH]c2C)cc1. The zero-order valence-electron chi connectivity index (χ0n) is 14.4. The number of nitro benzene ring substituents is 1. The number of benzene rings is 2. The number of esters is 1. The molecule has 0 atom stereocenters. The Hall–Kier alpha value is -3.48. The number of carbonyl (C=O) groups excluding carboxylic acids is 1. The average molecular weight is 351 g/mol. The molecule has 0 saturated carbocycles. The average Bonchev–Trinajstić information content (AvgIpc) is 3.02. The van der Waals surface area contributed by atoms with Gasteiger partial charge in [0.05, 0.1) is 10.6 Å². The second-order valence-corrected chi connectivity index (χ2v) is 5.84. The van der Waals surface area contributed by atoms with Crippen LogP contribution in [-0.2, 0) is 16.1 Å². The number of imidazole rings is 1. The molecule has 0 amide bonds. The summed E-state index contributed by atoms with van der Waals surface area (Å²) < 4.78 is 4.98. The Kier molecular flexibility index (Phi) is 4.79. The maximum atomic E-state index is 10.9. The van der Waals surface area contributed by atoms with Gasteiger partial charge in [-0.3, -0.25) is 14.9 Å². The molecule has 7 heteroatoms. The van der Waals surface area contributed by atoms with Crippen LogP contribution in [0.2, 0.25) is 0 Å². The molecule has 26 heavy (non-hydrogen) atoms. The first-order chi connectivity index (χ1) is 12.4. The van der Waals surface area contributed by atoms with E-state index >= 15 is 0 Å². The van der Waals surface area contributed by atoms with Crippen LogP contribution >= 0.6 is 0 Å². The minimum Gasteiger partial charge on any atom is -0.461 e. The predicted octanol–water partition coefficient (Wildman–Crippen LogP) is 4.02. The minimum absolute atomic E-state index is 0.0422. The third-order valence-electron chi connectivity index (χ3n) is 3.91. The molecule has 0 aliphatic carbocycles. The van der Waals surface area contributed by atoms with E-state index in [0.717, 1.165) is 28.1 Å². The van der Waals surface area contributed by atoms with Crippen molar-refractivity contribution in [2.75, 3.05) is 0 Å². The van der Waals surface area contributed by atoms with Crippen LogP contribution in [0.3, 0.4) is 0 Å². The van der Waals surface area contributed by atoms with Gasteiger partial charge in [-0.25, -0.2) is 4.98 Å². The van der Waals surface area contributed by atoms with E-state index in [1.165, 1.54) is 19.1 Å². The lowest BCUT2D eigenvalue weighted by molar-refractivity contribution is -0.384. The number of hydrogen-bond acceptors (Lipinski definition) is 5. The minimum atomic E-state index is -0.431. The summed E-state index contributed by atoms with van der Waals surface area (Å²) in [4.78, 5) is 29.0. The number of rotatable bonds is 5. The Bertz CT molecular complexity index is 944. The fourth-order valence-electron chi connectivity index (χ4n) is 2.56. The molecule has 1 aromatic heterocycles. The molecule has 3 rings (SSSR count). The molecule has 0 aliphatic heterocycles. The summed E-state index contributed by atoms with van der Waals surface area (Å²) in [6.07, 6.45) is 0. The summed E-state index contributed by atoms with van der Waals surface area (Å²) in [7, 11) is 0. The third kappa shape index (κ3) is 3.77. The summed E-state index contributed by atoms with van der Waals surface area (Å²) in [6, 6.07) is 13.9. The zero-order chi connectivity index (χ0) is 18.7. The Balaban J connectivity index is 1.83. The van der Waals surface area contributed by atoms with E-state index in [1.54, 1.807) is 12.1 Å². The lowest BCUT2D eigenvalue weighted by atomic mass is 10.1. The lowest BCUT2D eigenvalue weighted by Gasteiger charge is -2.03. The summed E-state index contributed by atoms with van der Waals surface area (Å²) in [5.41, 5.74) is 4.34. The van der Waals surface area contributed by atoms with Gasteiger partial charge in [0.15, 0.2) is 0 Å². The van der Waals surface area contributed by atoms with Gasteiger partial charge in [-0.2, -0.15) is 0 Å². The Morgan fingerprint density at radius 1 is 1.12 bits per heavy atom. The number of nitrogens with one attached hydrogen (secondary N) is 1. The Morgan fingerprint density at radius 2 is 1.73 bits per heavy atom. The Labute approximate surface area is 149 Å². The highest BCUT2D eigenvalue weighted by molar-refractivity contribution is 5.68. The number of nitro groups is 1. The topological polar surface area (TPSA) is 98.1 Å². The summed E-state index contributed by atoms with van der Waals surface area (Å²) >= 11 is 0. The molecule has 0 unspecified atom stereocenters. The first-order valence-corrected chi connectivity index (χ1v) is 7.98. The van der Waals surface area contributed by atoms with Gasteiger partial charge >= 0.3 is 5.97 Å². The van der Waals surface area contributed by atoms with Gasteiger partial charge in [0, 0.05) is 35.9 Å². The number of non-ortho nitro benzene ring substituents is 1. The van der Waals surface area contributed by atoms with Gasteiger partial charge in [-0.05, 0) is 24.6 Å². The van der Waals surface area contributed by atoms with E-state index < -0.39 is 4.92 Å². The second-order valence-electron chi connectivity index (χ2n) is 5.84. The van der Waals surface area contributed by atoms with Crippen molar-refractivity contribution in [3.63, 3.8) is 0 Å². The van der Waals surface area contributed by atoms with Crippen molar-refractivity contribution < 1.29 is 14.5 Å². The van der Waals surface area contributed by atoms with Gasteiger partial charge < -0.3 is 9.72 Å². The molecule has 1 heterocycles. The molecule has 2 aromatic carbocycles. The fraction of sp³-hybridized carbons (Fsp3) is 0.158. The van der Waals surface area contributed by atoms with Gasteiger partial charge in [0.25, 0.3) is 5.69 Å². The van der Waals surface area contributed by atoms with Crippen molar-refractivity contribution in [2.45, 2.75) is 20.5 Å². The molecule has 1 N–H and O–H groups in total. The van der Waals surface area contributed by atoms with Gasteiger partial charge in [0.2, 0.25) is 0 Å². The van der Waals surface area contributed by atoms with Crippen LogP contribution in [0.15, 0.2) is 48.5 Å². The number of nitrogens with zero attached hydrogens (tertiary/aromatic N) is 2. The number of aryl methyl sites for hydroxylation is 1. The van der Waals surface area contributed by atoms with Crippen LogP contribution in [0.25, 0.3) is 22.6 Å². The monoisotopic (exact) mass is 351 g/mol. The molecular weight excluding hydrogens is 334 g/mol. The van der Waals surface area contributed by atoms with Crippen molar-refractivity contribution in [1.82, 2.24) is 9.97 Å². The van der Waals surface area contributed by atoms with E-state index in [2.05, 4.69) is 9.97 Å². The largest absolute Gasteiger partial charge is 0.461 e. The molecule has 132 valence electrons. The normalized spacial score (nSPS) is 10.5. The van der Waals surface area contributed by atoms with Crippen LogP contribution in [-0.4, -0.2) is 20.9 Å². The van der Waals surface area contributed by atoms with Crippen LogP contribution < -0.4 is 0 Å². The fourth-order valence-corrected chi connectivity index (χ4v) is 2.56. The number of hydrogen-bond donors (Lipinski definition) is 1. The van der Waals surface area contributed by atoms with E-state index in [9.17, 15) is 14.9 Å². The van der Waals surface area contributed by atoms with Gasteiger partial charge in [-0.1, -0.05) is 24.3 Å². The summed E-state index contributed by atoms with van der Waals surface area (Å²) in [5.74, 6) is 0.335. The molecular formula is C19H17N3O4. The van der Waals surface area contributed by atoms with Crippen molar-refractivity contribution in [3.8, 4) is 22.6 Å². The number of ether oxygens (including phenoxy) is 1. The summed E-state index contributed by atoms with van der Waals surface area (Å²) in [5, 5.41) is 10.8. The van der Waals surface area contributed by atoms with Crippen LogP contribution in [0, 0.1) is 17.0 Å². The molecule has 3 aromatic rings. The molecule has 0 spiro atoms. The van der Waals surface area contributed by atoms with E-state index in [-0.39, 0.29) is 18.3 Å². The quantitative estimate of drug-likeness (QED) is 0.425. The van der Waals surface area contributed by atoms with Gasteiger partial charge in [-0.15, -0.1) is 0 Å². The highest BCUT2D eigenvalue weighted by Gasteiger charge is 2.12. The third-order valence-corrected chi connectivity index (χ3v) is 3.91. The maximum absolute atomic E-state index is 10.9. The molecule has 0 saturated heterocycles. The lowest BCUT2D eigenvalue weighted by Crippen LogP contribution is -1.98. The van der Waals surface area contributed by atoms with Crippen molar-refractivity contribution >= 4 is 11.7 Å². The highest BCUT2D eigenvalue weighted by Crippen LogP contribution is 2.27. The standard InChI is InChI=1S/C19H17N3O4/c1-12-18(15-5-3-14(4-6-15)11-26-13(2)23)21-19(20-12)16-7-9-17(10-8-16)22(24)25/h3-10H,11H2,1-2H3,(H,20,21). The highest BCUT2D eigenvalue weighted by atomic mass is 16.6. The van der Waals surface area contributed by atoms with E-state index in [4.69, 9.17) is 4.74 Å². The van der Waals surface area contributed by atoms with Crippen molar-refractivity contribution in [3.05, 3.63) is 69.9 Å². The smallest absolute Gasteiger partial charge is 0.302 e. The van der Waals surface area contributed by atoms with Crippen molar-refractivity contribution in [2.24, 2.45) is 0 Å². The van der Waals surface area contributed by atoms with Gasteiger partial charge in [0.1, 0.15) is 12.4 Å². The van der Waals surface area contributed by atoms with Crippen molar-refractivity contribution in [1.29, 1.82) is 0 Å². The number of aromatic amines is 1. The molecule has 0 fully saturated rings. The van der Waals surface area contributed by atoms with E-state index in [1.807, 2.05) is 31.2 Å². The van der Waals surface area contributed by atoms with E-state index in [0.29, 0.717) is 5.82 Å². The number of carbonyl (C=O) groups is 1. The molecule has 0 radical (unpaired) electrons. The second kappa shape index (κ2) is 7.18. The maximum Gasteiger partial charge on any atom is 0.302 e. The summed E-state index contributed by atoms with van der Waals surface area (Å²) in [6.45, 7) is 3.54. The van der Waals surface area contributed by atoms with Crippen LogP contribution in [0.5, 0.6) is 0 Å². The van der Waals surface area contributed by atoms with Crippen LogP contribution in [0.1, 0.15) is 18.2 Å². The predicted molar refractivity (Wildman–Crippen MR) is 96.3 cm³/mol. The first-order valence-electron chi connectivity index (χ1n) is 7.98. The first kappa shape index (κ1) is 17.3. The number of H-pyrrole nitrogens is 1. The zero-order valence-corrected chi connectivity index (χ0v) is 14.4. The molecule has 7 nitrogen and oxygen atoms in total. The number of aromatic nitrogens is 2. The molecule has 0 aliphatic rings.